The van der Waals surface area contributed by atoms with E-state index in [0.29, 0.717) is 18.8 Å². The number of nitrogens with one attached hydrogen (secondary N) is 1. The van der Waals surface area contributed by atoms with Crippen LogP contribution in [0.2, 0.25) is 0 Å². The van der Waals surface area contributed by atoms with Crippen LogP contribution in [0.1, 0.15) is 39.7 Å². The Morgan fingerprint density at radius 1 is 1.00 bits per heavy atom. The topological polar surface area (TPSA) is 96.0 Å². The van der Waals surface area contributed by atoms with E-state index < -0.39 is 28.5 Å². The Hall–Kier alpha value is -3.07. The molecule has 0 radical (unpaired) electrons. The summed E-state index contributed by atoms with van der Waals surface area (Å²) in [7, 11) is -3.82. The van der Waals surface area contributed by atoms with Crippen LogP contribution < -0.4 is 14.4 Å². The Morgan fingerprint density at radius 2 is 1.63 bits per heavy atom. The summed E-state index contributed by atoms with van der Waals surface area (Å²) in [5.74, 6) is -0.377. The molecule has 0 aromatic heterocycles. The number of carbonyl (C=O) groups excluding carboxylic acids is 2. The van der Waals surface area contributed by atoms with E-state index in [1.165, 1.54) is 4.90 Å². The quantitative estimate of drug-likeness (QED) is 0.453. The van der Waals surface area contributed by atoms with Gasteiger partial charge < -0.3 is 15.0 Å². The molecule has 0 bridgehead atoms. The molecule has 0 spiro atoms. The molecule has 2 aromatic carbocycles. The van der Waals surface area contributed by atoms with Gasteiger partial charge in [-0.25, -0.2) is 8.42 Å². The number of hydrogen-bond acceptors (Lipinski definition) is 5. The zero-order valence-corrected chi connectivity index (χ0v) is 22.0. The van der Waals surface area contributed by atoms with E-state index in [2.05, 4.69) is 5.32 Å². The number of carbonyl (C=O) groups is 2. The lowest BCUT2D eigenvalue weighted by Crippen LogP contribution is -2.53. The number of amides is 2. The van der Waals surface area contributed by atoms with Gasteiger partial charge in [-0.15, -0.1) is 0 Å². The Labute approximate surface area is 209 Å². The predicted molar refractivity (Wildman–Crippen MR) is 139 cm³/mol. The molecule has 2 amide bonds. The largest absolute Gasteiger partial charge is 0.492 e. The SMILES string of the molecule is CCOc1ccccc1N(CC(=O)N(CCc1ccccc1)[C@@H](C)C(=O)N[C@H](C)CC)S(C)(=O)=O. The second-order valence-corrected chi connectivity index (χ2v) is 10.4. The van der Waals surface area contributed by atoms with Gasteiger partial charge in [0.2, 0.25) is 21.8 Å². The number of rotatable bonds is 13. The first-order valence-corrected chi connectivity index (χ1v) is 13.8. The molecule has 8 nitrogen and oxygen atoms in total. The fraction of sp³-hybridized carbons (Fsp3) is 0.462. The molecule has 192 valence electrons. The average Bonchev–Trinajstić information content (AvgIpc) is 2.83. The first-order chi connectivity index (χ1) is 16.6. The zero-order chi connectivity index (χ0) is 26.0. The van der Waals surface area contributed by atoms with Crippen molar-refractivity contribution in [3.8, 4) is 5.75 Å². The van der Waals surface area contributed by atoms with Crippen molar-refractivity contribution < 1.29 is 22.7 Å². The number of para-hydroxylation sites is 2. The molecule has 35 heavy (non-hydrogen) atoms. The third-order valence-corrected chi connectivity index (χ3v) is 6.89. The number of ether oxygens (including phenoxy) is 1. The van der Waals surface area contributed by atoms with Crippen LogP contribution in [-0.4, -0.2) is 63.2 Å². The van der Waals surface area contributed by atoms with E-state index >= 15 is 0 Å². The van der Waals surface area contributed by atoms with Crippen molar-refractivity contribution >= 4 is 27.5 Å². The van der Waals surface area contributed by atoms with Crippen molar-refractivity contribution in [1.29, 1.82) is 0 Å². The predicted octanol–water partition coefficient (Wildman–Crippen LogP) is 3.23. The molecule has 9 heteroatoms. The minimum atomic E-state index is -3.82. The number of benzene rings is 2. The maximum Gasteiger partial charge on any atom is 0.244 e. The van der Waals surface area contributed by atoms with Crippen LogP contribution in [0.3, 0.4) is 0 Å². The van der Waals surface area contributed by atoms with Crippen molar-refractivity contribution in [2.45, 2.75) is 52.6 Å². The van der Waals surface area contributed by atoms with Crippen molar-refractivity contribution in [3.05, 3.63) is 60.2 Å². The molecule has 1 N–H and O–H groups in total. The van der Waals surface area contributed by atoms with Gasteiger partial charge in [-0.2, -0.15) is 0 Å². The van der Waals surface area contributed by atoms with Crippen LogP contribution in [-0.2, 0) is 26.0 Å². The second kappa shape index (κ2) is 13.1. The van der Waals surface area contributed by atoms with Crippen LogP contribution in [0, 0.1) is 0 Å². The summed E-state index contributed by atoms with van der Waals surface area (Å²) in [5.41, 5.74) is 1.30. The monoisotopic (exact) mass is 503 g/mol. The van der Waals surface area contributed by atoms with Crippen LogP contribution >= 0.6 is 0 Å². The van der Waals surface area contributed by atoms with Crippen LogP contribution in [0.5, 0.6) is 5.75 Å². The summed E-state index contributed by atoms with van der Waals surface area (Å²) in [6.07, 6.45) is 2.34. The molecule has 0 unspecified atom stereocenters. The Kier molecular flexibility index (Phi) is 10.6. The van der Waals surface area contributed by atoms with Crippen molar-refractivity contribution in [3.63, 3.8) is 0 Å². The Balaban J connectivity index is 2.35. The number of sulfonamides is 1. The minimum absolute atomic E-state index is 0.0402. The third kappa shape index (κ3) is 8.28. The highest BCUT2D eigenvalue weighted by atomic mass is 32.2. The van der Waals surface area contributed by atoms with E-state index in [1.54, 1.807) is 38.1 Å². The van der Waals surface area contributed by atoms with E-state index in [-0.39, 0.29) is 24.2 Å². The molecule has 2 atom stereocenters. The molecule has 0 heterocycles. The van der Waals surface area contributed by atoms with Crippen LogP contribution in [0.15, 0.2) is 54.6 Å². The standard InChI is InChI=1S/C26H37N3O5S/c1-6-20(3)27-26(31)21(4)28(18-17-22-13-9-8-10-14-22)25(30)19-29(35(5,32)33)23-15-11-12-16-24(23)34-7-2/h8-16,20-21H,6-7,17-19H2,1-5H3,(H,27,31)/t20-,21+/m1/s1. The number of nitrogens with zero attached hydrogens (tertiary/aromatic N) is 2. The number of anilines is 1. The summed E-state index contributed by atoms with van der Waals surface area (Å²) in [5, 5.41) is 2.92. The summed E-state index contributed by atoms with van der Waals surface area (Å²) in [6.45, 7) is 7.50. The normalized spacial score (nSPS) is 12.9. The third-order valence-electron chi connectivity index (χ3n) is 5.77. The summed E-state index contributed by atoms with van der Waals surface area (Å²) in [4.78, 5) is 27.9. The maximum absolute atomic E-state index is 13.6. The lowest BCUT2D eigenvalue weighted by atomic mass is 10.1. The Morgan fingerprint density at radius 3 is 2.23 bits per heavy atom. The molecule has 0 saturated heterocycles. The lowest BCUT2D eigenvalue weighted by molar-refractivity contribution is -0.139. The van der Waals surface area contributed by atoms with Crippen LogP contribution in [0.4, 0.5) is 5.69 Å². The molecular formula is C26H37N3O5S. The summed E-state index contributed by atoms with van der Waals surface area (Å²) in [6, 6.07) is 15.5. The van der Waals surface area contributed by atoms with Crippen molar-refractivity contribution in [2.24, 2.45) is 0 Å². The average molecular weight is 504 g/mol. The van der Waals surface area contributed by atoms with Crippen molar-refractivity contribution in [2.75, 3.05) is 30.3 Å². The molecule has 0 aliphatic heterocycles. The van der Waals surface area contributed by atoms with E-state index in [1.807, 2.05) is 44.2 Å². The van der Waals surface area contributed by atoms with Crippen molar-refractivity contribution in [1.82, 2.24) is 10.2 Å². The second-order valence-electron chi connectivity index (χ2n) is 8.49. The van der Waals surface area contributed by atoms with Gasteiger partial charge in [-0.3, -0.25) is 13.9 Å². The summed E-state index contributed by atoms with van der Waals surface area (Å²) < 4.78 is 32.1. The highest BCUT2D eigenvalue weighted by Gasteiger charge is 2.31. The van der Waals surface area contributed by atoms with E-state index in [4.69, 9.17) is 4.74 Å². The van der Waals surface area contributed by atoms with Gasteiger partial charge >= 0.3 is 0 Å². The van der Waals surface area contributed by atoms with Gasteiger partial charge in [0.05, 0.1) is 18.6 Å². The molecule has 0 saturated carbocycles. The molecule has 0 fully saturated rings. The molecule has 0 aliphatic rings. The van der Waals surface area contributed by atoms with Gasteiger partial charge in [0.1, 0.15) is 18.3 Å². The zero-order valence-electron chi connectivity index (χ0n) is 21.2. The van der Waals surface area contributed by atoms with Gasteiger partial charge in [0.15, 0.2) is 0 Å². The summed E-state index contributed by atoms with van der Waals surface area (Å²) >= 11 is 0. The lowest BCUT2D eigenvalue weighted by Gasteiger charge is -2.32. The Bertz CT molecular complexity index is 1080. The van der Waals surface area contributed by atoms with Gasteiger partial charge in [0, 0.05) is 12.6 Å². The fourth-order valence-electron chi connectivity index (χ4n) is 3.57. The molecule has 0 aliphatic carbocycles. The van der Waals surface area contributed by atoms with E-state index in [9.17, 15) is 18.0 Å². The molecular weight excluding hydrogens is 466 g/mol. The molecule has 2 rings (SSSR count). The first kappa shape index (κ1) is 28.2. The van der Waals surface area contributed by atoms with Gasteiger partial charge in [0.25, 0.3) is 0 Å². The smallest absolute Gasteiger partial charge is 0.244 e. The van der Waals surface area contributed by atoms with Gasteiger partial charge in [-0.1, -0.05) is 49.4 Å². The first-order valence-electron chi connectivity index (χ1n) is 11.9. The highest BCUT2D eigenvalue weighted by Crippen LogP contribution is 2.30. The molecule has 2 aromatic rings. The minimum Gasteiger partial charge on any atom is -0.492 e. The number of hydrogen-bond donors (Lipinski definition) is 1. The maximum atomic E-state index is 13.6. The fourth-order valence-corrected chi connectivity index (χ4v) is 4.42. The highest BCUT2D eigenvalue weighted by molar-refractivity contribution is 7.92. The van der Waals surface area contributed by atoms with E-state index in [0.717, 1.165) is 22.5 Å². The van der Waals surface area contributed by atoms with Gasteiger partial charge in [-0.05, 0) is 51.3 Å². The van der Waals surface area contributed by atoms with Crippen LogP contribution in [0.25, 0.3) is 0 Å².